The number of rotatable bonds is 1. The molecule has 0 aromatic heterocycles. The van der Waals surface area contributed by atoms with Crippen LogP contribution < -0.4 is 0 Å². The Morgan fingerprint density at radius 2 is 1.87 bits per heavy atom. The fraction of sp³-hybridized carbons (Fsp3) is 0.222. The molecule has 0 amide bonds. The van der Waals surface area contributed by atoms with Gasteiger partial charge in [0.1, 0.15) is 5.75 Å². The second-order valence-electron chi connectivity index (χ2n) is 2.97. The molecule has 6 heteroatoms. The third kappa shape index (κ3) is 2.20. The van der Waals surface area contributed by atoms with Gasteiger partial charge < -0.3 is 10.2 Å². The molecule has 0 aliphatic rings. The molecule has 0 unspecified atom stereocenters. The summed E-state index contributed by atoms with van der Waals surface area (Å²) in [7, 11) is 0. The Balaban J connectivity index is 3.43. The summed E-state index contributed by atoms with van der Waals surface area (Å²) in [5.74, 6) is -2.18. The van der Waals surface area contributed by atoms with E-state index in [0.717, 1.165) is 0 Å². The zero-order chi connectivity index (χ0) is 11.8. The van der Waals surface area contributed by atoms with Crippen molar-refractivity contribution in [1.82, 2.24) is 0 Å². The maximum Gasteiger partial charge on any atom is 0.416 e. The number of carboxylic acids is 1. The predicted octanol–water partition coefficient (Wildman–Crippen LogP) is 2.42. The molecule has 0 saturated heterocycles. The van der Waals surface area contributed by atoms with Crippen molar-refractivity contribution >= 4 is 5.97 Å². The highest BCUT2D eigenvalue weighted by molar-refractivity contribution is 5.90. The van der Waals surface area contributed by atoms with Gasteiger partial charge in [0, 0.05) is 5.56 Å². The van der Waals surface area contributed by atoms with Crippen LogP contribution in [0, 0.1) is 6.92 Å². The Kier molecular flexibility index (Phi) is 2.61. The van der Waals surface area contributed by atoms with Gasteiger partial charge in [-0.15, -0.1) is 0 Å². The van der Waals surface area contributed by atoms with Gasteiger partial charge in [0.25, 0.3) is 0 Å². The van der Waals surface area contributed by atoms with Crippen LogP contribution in [0.25, 0.3) is 0 Å². The van der Waals surface area contributed by atoms with Gasteiger partial charge >= 0.3 is 12.1 Å². The van der Waals surface area contributed by atoms with Gasteiger partial charge in [0.15, 0.2) is 0 Å². The van der Waals surface area contributed by atoms with Gasteiger partial charge in [-0.1, -0.05) is 0 Å². The van der Waals surface area contributed by atoms with Gasteiger partial charge in [0.2, 0.25) is 0 Å². The summed E-state index contributed by atoms with van der Waals surface area (Å²) in [4.78, 5) is 10.6. The largest absolute Gasteiger partial charge is 0.508 e. The number of aromatic carboxylic acids is 1. The second kappa shape index (κ2) is 3.45. The highest BCUT2D eigenvalue weighted by atomic mass is 19.4. The molecule has 1 aromatic rings. The van der Waals surface area contributed by atoms with Crippen LogP contribution in [0.1, 0.15) is 21.5 Å². The highest BCUT2D eigenvalue weighted by Gasteiger charge is 2.32. The number of hydrogen-bond donors (Lipinski definition) is 2. The second-order valence-corrected chi connectivity index (χ2v) is 2.97. The van der Waals surface area contributed by atoms with E-state index in [0.29, 0.717) is 12.1 Å². The van der Waals surface area contributed by atoms with Crippen molar-refractivity contribution in [3.05, 3.63) is 28.8 Å². The molecule has 0 bridgehead atoms. The lowest BCUT2D eigenvalue weighted by Crippen LogP contribution is -2.09. The van der Waals surface area contributed by atoms with E-state index in [1.807, 2.05) is 0 Å². The van der Waals surface area contributed by atoms with Crippen molar-refractivity contribution in [2.24, 2.45) is 0 Å². The molecule has 3 nitrogen and oxygen atoms in total. The number of aromatic hydroxyl groups is 1. The van der Waals surface area contributed by atoms with Crippen LogP contribution in [0.5, 0.6) is 5.75 Å². The molecular weight excluding hydrogens is 213 g/mol. The van der Waals surface area contributed by atoms with E-state index in [1.165, 1.54) is 6.92 Å². The maximum absolute atomic E-state index is 12.2. The molecule has 0 heterocycles. The Hall–Kier alpha value is -1.72. The van der Waals surface area contributed by atoms with Crippen molar-refractivity contribution in [1.29, 1.82) is 0 Å². The summed E-state index contributed by atoms with van der Waals surface area (Å²) >= 11 is 0. The first kappa shape index (κ1) is 11.4. The first-order chi connectivity index (χ1) is 6.73. The molecule has 0 aliphatic carbocycles. The van der Waals surface area contributed by atoms with Crippen LogP contribution in [0.2, 0.25) is 0 Å². The molecule has 2 N–H and O–H groups in total. The van der Waals surface area contributed by atoms with E-state index in [1.54, 1.807) is 0 Å². The lowest BCUT2D eigenvalue weighted by molar-refractivity contribution is -0.137. The summed E-state index contributed by atoms with van der Waals surface area (Å²) in [6.07, 6.45) is -4.67. The molecule has 0 aliphatic heterocycles. The molecule has 0 fully saturated rings. The van der Waals surface area contributed by atoms with E-state index in [4.69, 9.17) is 10.2 Å². The molecule has 1 aromatic carbocycles. The zero-order valence-corrected chi connectivity index (χ0v) is 7.59. The van der Waals surface area contributed by atoms with Crippen LogP contribution in [-0.4, -0.2) is 16.2 Å². The zero-order valence-electron chi connectivity index (χ0n) is 7.59. The van der Waals surface area contributed by atoms with Crippen LogP contribution in [0.3, 0.4) is 0 Å². The molecule has 0 atom stereocenters. The smallest absolute Gasteiger partial charge is 0.416 e. The Morgan fingerprint density at radius 1 is 1.33 bits per heavy atom. The van der Waals surface area contributed by atoms with Gasteiger partial charge in [-0.05, 0) is 19.1 Å². The molecule has 0 radical (unpaired) electrons. The Labute approximate surface area is 82.8 Å². The Morgan fingerprint density at radius 3 is 2.27 bits per heavy atom. The summed E-state index contributed by atoms with van der Waals surface area (Å²) in [5.41, 5.74) is -1.82. The maximum atomic E-state index is 12.2. The molecular formula is C9H7F3O3. The quantitative estimate of drug-likeness (QED) is 0.764. The van der Waals surface area contributed by atoms with Crippen LogP contribution in [0.15, 0.2) is 12.1 Å². The SMILES string of the molecule is Cc1c(O)cc(C(F)(F)F)cc1C(=O)O. The number of alkyl halides is 3. The summed E-state index contributed by atoms with van der Waals surface area (Å²) < 4.78 is 36.7. The normalized spacial score (nSPS) is 11.5. The number of hydrogen-bond acceptors (Lipinski definition) is 2. The van der Waals surface area contributed by atoms with Gasteiger partial charge in [-0.25, -0.2) is 4.79 Å². The van der Waals surface area contributed by atoms with E-state index < -0.39 is 29.0 Å². The predicted molar refractivity (Wildman–Crippen MR) is 44.8 cm³/mol. The molecule has 15 heavy (non-hydrogen) atoms. The van der Waals surface area contributed by atoms with Gasteiger partial charge in [0.05, 0.1) is 11.1 Å². The average Bonchev–Trinajstić information content (AvgIpc) is 2.06. The van der Waals surface area contributed by atoms with Crippen LogP contribution in [-0.2, 0) is 6.18 Å². The standard InChI is InChI=1S/C9H7F3O3/c1-4-6(8(14)15)2-5(3-7(4)13)9(10,11)12/h2-3,13H,1H3,(H,14,15). The van der Waals surface area contributed by atoms with E-state index in [9.17, 15) is 18.0 Å². The first-order valence-corrected chi connectivity index (χ1v) is 3.87. The van der Waals surface area contributed by atoms with Crippen LogP contribution >= 0.6 is 0 Å². The van der Waals surface area contributed by atoms with Crippen molar-refractivity contribution in [3.8, 4) is 5.75 Å². The van der Waals surface area contributed by atoms with Gasteiger partial charge in [-0.2, -0.15) is 13.2 Å². The minimum Gasteiger partial charge on any atom is -0.508 e. The van der Waals surface area contributed by atoms with Crippen molar-refractivity contribution in [3.63, 3.8) is 0 Å². The molecule has 0 spiro atoms. The first-order valence-electron chi connectivity index (χ1n) is 3.87. The van der Waals surface area contributed by atoms with Gasteiger partial charge in [-0.3, -0.25) is 0 Å². The summed E-state index contributed by atoms with van der Waals surface area (Å²) in [6.45, 7) is 1.24. The highest BCUT2D eigenvalue weighted by Crippen LogP contribution is 2.34. The number of carboxylic acid groups (broad SMARTS) is 1. The molecule has 1 rings (SSSR count). The molecule has 82 valence electrons. The topological polar surface area (TPSA) is 57.5 Å². The lowest BCUT2D eigenvalue weighted by Gasteiger charge is -2.10. The number of phenolic OH excluding ortho intramolecular Hbond substituents is 1. The minimum atomic E-state index is -4.67. The van der Waals surface area contributed by atoms with Crippen molar-refractivity contribution in [2.45, 2.75) is 13.1 Å². The van der Waals surface area contributed by atoms with Crippen LogP contribution in [0.4, 0.5) is 13.2 Å². The van der Waals surface area contributed by atoms with E-state index in [2.05, 4.69) is 0 Å². The van der Waals surface area contributed by atoms with Crippen molar-refractivity contribution < 1.29 is 28.2 Å². The van der Waals surface area contributed by atoms with Crippen molar-refractivity contribution in [2.75, 3.05) is 0 Å². The minimum absolute atomic E-state index is 0.0875. The fourth-order valence-electron chi connectivity index (χ4n) is 1.08. The third-order valence-electron chi connectivity index (χ3n) is 1.94. The summed E-state index contributed by atoms with van der Waals surface area (Å²) in [6, 6.07) is 0.999. The summed E-state index contributed by atoms with van der Waals surface area (Å²) in [5, 5.41) is 17.7. The fourth-order valence-corrected chi connectivity index (χ4v) is 1.08. The third-order valence-corrected chi connectivity index (χ3v) is 1.94. The monoisotopic (exact) mass is 220 g/mol. The lowest BCUT2D eigenvalue weighted by atomic mass is 10.0. The average molecular weight is 220 g/mol. The number of benzene rings is 1. The van der Waals surface area contributed by atoms with E-state index in [-0.39, 0.29) is 5.56 Å². The molecule has 0 saturated carbocycles. The number of carbonyl (C=O) groups is 1. The number of halogens is 3. The number of phenols is 1. The Bertz CT molecular complexity index is 410. The van der Waals surface area contributed by atoms with E-state index >= 15 is 0 Å².